The van der Waals surface area contributed by atoms with Gasteiger partial charge in [0.1, 0.15) is 0 Å². The molecule has 7 aromatic carbocycles. The molecule has 2 aliphatic heterocycles. The average molecular weight is 710 g/mol. The highest BCUT2D eigenvalue weighted by atomic mass is 32.1. The summed E-state index contributed by atoms with van der Waals surface area (Å²) in [4.78, 5) is 2.36. The number of aryl methyl sites for hydroxylation is 1. The minimum atomic E-state index is 0.162. The van der Waals surface area contributed by atoms with E-state index in [9.17, 15) is 0 Å². The Morgan fingerprint density at radius 1 is 0.453 bits per heavy atom. The van der Waals surface area contributed by atoms with Crippen LogP contribution in [-0.4, -0.2) is 15.8 Å². The topological polar surface area (TPSA) is 13.1 Å². The van der Waals surface area contributed by atoms with Gasteiger partial charge < -0.3 is 14.0 Å². The Bertz CT molecular complexity index is 3330. The number of nitrogens with zero attached hydrogens (tertiary/aromatic N) is 3. The van der Waals surface area contributed by atoms with Gasteiger partial charge in [-0.2, -0.15) is 0 Å². The molecule has 0 radical (unpaired) electrons. The molecule has 0 fully saturated rings. The molecule has 0 unspecified atom stereocenters. The molecule has 0 bridgehead atoms. The summed E-state index contributed by atoms with van der Waals surface area (Å²) in [5.41, 5.74) is 17.0. The monoisotopic (exact) mass is 709 g/mol. The summed E-state index contributed by atoms with van der Waals surface area (Å²) in [5.74, 6) is 0. The van der Waals surface area contributed by atoms with Crippen LogP contribution in [0.4, 0.5) is 17.1 Å². The van der Waals surface area contributed by atoms with Gasteiger partial charge in [-0.25, -0.2) is 0 Å². The maximum atomic E-state index is 2.63. The van der Waals surface area contributed by atoms with Crippen LogP contribution in [0.1, 0.15) is 5.56 Å². The predicted molar refractivity (Wildman–Crippen MR) is 230 cm³/mol. The van der Waals surface area contributed by atoms with Gasteiger partial charge in [0.05, 0.1) is 31.5 Å². The van der Waals surface area contributed by atoms with Crippen molar-refractivity contribution in [3.8, 4) is 11.4 Å². The Kier molecular flexibility index (Phi) is 5.42. The van der Waals surface area contributed by atoms with Crippen molar-refractivity contribution in [2.45, 2.75) is 6.92 Å². The molecule has 53 heavy (non-hydrogen) atoms. The van der Waals surface area contributed by atoms with Crippen molar-refractivity contribution in [2.24, 2.45) is 0 Å². The maximum Gasteiger partial charge on any atom is 0.252 e. The third-order valence-corrected chi connectivity index (χ3v) is 14.1. The van der Waals surface area contributed by atoms with Crippen LogP contribution in [-0.2, 0) is 0 Å². The summed E-state index contributed by atoms with van der Waals surface area (Å²) in [7, 11) is 0. The van der Waals surface area contributed by atoms with E-state index in [1.807, 2.05) is 22.7 Å². The molecule has 246 valence electrons. The van der Waals surface area contributed by atoms with Gasteiger partial charge in [0, 0.05) is 59.4 Å². The van der Waals surface area contributed by atoms with Crippen molar-refractivity contribution in [1.29, 1.82) is 0 Å². The zero-order chi connectivity index (χ0) is 34.5. The molecule has 0 saturated heterocycles. The van der Waals surface area contributed by atoms with Crippen molar-refractivity contribution in [3.63, 3.8) is 0 Å². The molecule has 2 aliphatic rings. The second-order valence-corrected chi connectivity index (χ2v) is 16.7. The largest absolute Gasteiger partial charge is 0.310 e. The summed E-state index contributed by atoms with van der Waals surface area (Å²) in [6.07, 6.45) is 0. The van der Waals surface area contributed by atoms with Gasteiger partial charge in [0.15, 0.2) is 0 Å². The summed E-state index contributed by atoms with van der Waals surface area (Å²) < 4.78 is 10.6. The molecule has 0 spiro atoms. The number of benzene rings is 7. The number of para-hydroxylation sites is 4. The number of aromatic nitrogens is 2. The number of hydrogen-bond acceptors (Lipinski definition) is 3. The number of anilines is 3. The van der Waals surface area contributed by atoms with Gasteiger partial charge in [-0.15, -0.1) is 22.7 Å². The highest BCUT2D eigenvalue weighted by Crippen LogP contribution is 2.48. The van der Waals surface area contributed by atoms with Crippen LogP contribution in [0.5, 0.6) is 0 Å². The lowest BCUT2D eigenvalue weighted by Crippen LogP contribution is -2.59. The van der Waals surface area contributed by atoms with Crippen LogP contribution in [0.3, 0.4) is 0 Å². The quantitative estimate of drug-likeness (QED) is 0.167. The van der Waals surface area contributed by atoms with E-state index in [1.54, 1.807) is 0 Å². The molecule has 4 aromatic heterocycles. The van der Waals surface area contributed by atoms with Gasteiger partial charge in [0.2, 0.25) is 0 Å². The lowest BCUT2D eigenvalue weighted by molar-refractivity contribution is 1.14. The molecule has 0 aliphatic carbocycles. The Hall–Kier alpha value is -6.08. The van der Waals surface area contributed by atoms with E-state index >= 15 is 0 Å². The zero-order valence-corrected chi connectivity index (χ0v) is 30.3. The molecule has 0 atom stereocenters. The Morgan fingerprint density at radius 3 is 1.60 bits per heavy atom. The van der Waals surface area contributed by atoms with E-state index in [1.165, 1.54) is 95.7 Å². The zero-order valence-electron chi connectivity index (χ0n) is 28.7. The second-order valence-electron chi connectivity index (χ2n) is 14.6. The van der Waals surface area contributed by atoms with Crippen molar-refractivity contribution in [3.05, 3.63) is 157 Å². The van der Waals surface area contributed by atoms with E-state index in [-0.39, 0.29) is 6.71 Å². The van der Waals surface area contributed by atoms with Crippen molar-refractivity contribution in [1.82, 2.24) is 9.13 Å². The number of hydrogen-bond donors (Lipinski definition) is 0. The van der Waals surface area contributed by atoms with E-state index in [0.29, 0.717) is 0 Å². The van der Waals surface area contributed by atoms with E-state index in [2.05, 4.69) is 173 Å². The minimum Gasteiger partial charge on any atom is -0.310 e. The van der Waals surface area contributed by atoms with Gasteiger partial charge >= 0.3 is 0 Å². The van der Waals surface area contributed by atoms with Crippen LogP contribution < -0.4 is 21.3 Å². The molecule has 0 saturated carbocycles. The Morgan fingerprint density at radius 2 is 0.981 bits per heavy atom. The SMILES string of the molecule is Cc1cc2c3c(c1)-n1c4c(cccc4c4sc5cc(N(c6ccccc6)c6ccccc6)ccc5c41)B3c1cccc3c4sc5ccccc5c4n-2c13. The van der Waals surface area contributed by atoms with Crippen molar-refractivity contribution >= 4 is 125 Å². The summed E-state index contributed by atoms with van der Waals surface area (Å²) in [6, 6.07) is 56.4. The summed E-state index contributed by atoms with van der Waals surface area (Å²) >= 11 is 3.86. The van der Waals surface area contributed by atoms with Crippen LogP contribution >= 0.6 is 22.7 Å². The standard InChI is InChI=1S/C47H28BN3S2/c1-27-24-37-41-38(25-27)51-43-34(47-45(51)32-23-22-30(26-40(32)53-47)49(28-12-4-2-5-13-28)29-14-6-3-7-15-29)18-11-20-36(43)48(41)35-19-10-17-33-42(35)50(37)44-31-16-8-9-21-39(31)52-46(33)44/h2-26H,1H3. The molecule has 6 heterocycles. The van der Waals surface area contributed by atoms with Crippen LogP contribution in [0.2, 0.25) is 0 Å². The van der Waals surface area contributed by atoms with Gasteiger partial charge in [0.25, 0.3) is 6.71 Å². The molecular formula is C47H28BN3S2. The van der Waals surface area contributed by atoms with E-state index < -0.39 is 0 Å². The fraction of sp³-hybridized carbons (Fsp3) is 0.0213. The summed E-state index contributed by atoms with van der Waals surface area (Å²) in [5, 5.41) is 5.35. The van der Waals surface area contributed by atoms with E-state index in [0.717, 1.165) is 17.1 Å². The molecule has 13 rings (SSSR count). The Balaban J connectivity index is 1.12. The lowest BCUT2D eigenvalue weighted by atomic mass is 9.34. The molecule has 0 amide bonds. The first-order valence-corrected chi connectivity index (χ1v) is 19.9. The van der Waals surface area contributed by atoms with Gasteiger partial charge in [-0.05, 0) is 89.5 Å². The number of thiophene rings is 2. The van der Waals surface area contributed by atoms with E-state index in [4.69, 9.17) is 0 Å². The lowest BCUT2D eigenvalue weighted by Gasteiger charge is -2.34. The highest BCUT2D eigenvalue weighted by Gasteiger charge is 2.41. The normalized spacial score (nSPS) is 13.0. The fourth-order valence-electron chi connectivity index (χ4n) is 9.72. The minimum absolute atomic E-state index is 0.162. The van der Waals surface area contributed by atoms with Crippen LogP contribution in [0.25, 0.3) is 73.8 Å². The third-order valence-electron chi connectivity index (χ3n) is 11.7. The fourth-order valence-corrected chi connectivity index (χ4v) is 12.2. The second kappa shape index (κ2) is 10.1. The first kappa shape index (κ1) is 28.5. The first-order chi connectivity index (χ1) is 26.2. The Labute approximate surface area is 313 Å². The number of fused-ring (bicyclic) bond motifs is 14. The van der Waals surface area contributed by atoms with Gasteiger partial charge in [-0.3, -0.25) is 0 Å². The maximum absolute atomic E-state index is 2.63. The van der Waals surface area contributed by atoms with Crippen molar-refractivity contribution in [2.75, 3.05) is 4.90 Å². The van der Waals surface area contributed by atoms with Gasteiger partial charge in [-0.1, -0.05) is 91.0 Å². The molecule has 0 N–H and O–H groups in total. The predicted octanol–water partition coefficient (Wildman–Crippen LogP) is 11.2. The van der Waals surface area contributed by atoms with Crippen molar-refractivity contribution < 1.29 is 0 Å². The average Bonchev–Trinajstić information content (AvgIpc) is 3.94. The van der Waals surface area contributed by atoms with Crippen LogP contribution in [0.15, 0.2) is 152 Å². The first-order valence-electron chi connectivity index (χ1n) is 18.2. The molecule has 3 nitrogen and oxygen atoms in total. The van der Waals surface area contributed by atoms with Crippen LogP contribution in [0, 0.1) is 6.92 Å². The molecular weight excluding hydrogens is 681 g/mol. The summed E-state index contributed by atoms with van der Waals surface area (Å²) in [6.45, 7) is 2.43. The highest BCUT2D eigenvalue weighted by molar-refractivity contribution is 7.27. The number of rotatable bonds is 3. The molecule has 11 aromatic rings. The third kappa shape index (κ3) is 3.55. The smallest absolute Gasteiger partial charge is 0.252 e. The molecule has 6 heteroatoms.